The lowest BCUT2D eigenvalue weighted by Crippen LogP contribution is -2.13. The Morgan fingerprint density at radius 1 is 0.792 bits per heavy atom. The maximum atomic E-state index is 12.6. The predicted molar refractivity (Wildman–Crippen MR) is 97.1 cm³/mol. The number of para-hydroxylation sites is 2. The third kappa shape index (κ3) is 3.73. The predicted octanol–water partition coefficient (Wildman–Crippen LogP) is 4.69. The first kappa shape index (κ1) is 15.6. The number of amides is 1. The summed E-state index contributed by atoms with van der Waals surface area (Å²) in [6, 6.07) is 24.4. The molecule has 2 N–H and O–H groups in total. The molecule has 4 nitrogen and oxygen atoms in total. The Labute approximate surface area is 141 Å². The fourth-order valence-electron chi connectivity index (χ4n) is 2.34. The second-order valence-electron chi connectivity index (χ2n) is 5.22. The SMILES string of the molecule is COc1ccc(Nc2ccccc2C(=O)Nc2ccccc2)cc1. The van der Waals surface area contributed by atoms with E-state index >= 15 is 0 Å². The highest BCUT2D eigenvalue weighted by atomic mass is 16.5. The van der Waals surface area contributed by atoms with Crippen LogP contribution in [0, 0.1) is 0 Å². The molecule has 0 saturated carbocycles. The molecule has 3 aromatic carbocycles. The van der Waals surface area contributed by atoms with Gasteiger partial charge in [0.2, 0.25) is 0 Å². The van der Waals surface area contributed by atoms with E-state index in [-0.39, 0.29) is 5.91 Å². The summed E-state index contributed by atoms with van der Waals surface area (Å²) in [6.07, 6.45) is 0. The third-order valence-electron chi connectivity index (χ3n) is 3.57. The monoisotopic (exact) mass is 318 g/mol. The lowest BCUT2D eigenvalue weighted by molar-refractivity contribution is 0.102. The van der Waals surface area contributed by atoms with Crippen LogP contribution in [0.2, 0.25) is 0 Å². The Morgan fingerprint density at radius 2 is 1.46 bits per heavy atom. The number of anilines is 3. The summed E-state index contributed by atoms with van der Waals surface area (Å²) in [5.41, 5.74) is 2.98. The molecule has 0 unspecified atom stereocenters. The molecular formula is C20H18N2O2. The summed E-state index contributed by atoms with van der Waals surface area (Å²) < 4.78 is 5.16. The quantitative estimate of drug-likeness (QED) is 0.717. The minimum atomic E-state index is -0.155. The van der Waals surface area contributed by atoms with E-state index in [1.54, 1.807) is 13.2 Å². The Hall–Kier alpha value is -3.27. The van der Waals surface area contributed by atoms with Crippen molar-refractivity contribution < 1.29 is 9.53 Å². The Balaban J connectivity index is 1.80. The summed E-state index contributed by atoms with van der Waals surface area (Å²) in [4.78, 5) is 12.6. The molecule has 0 bridgehead atoms. The summed E-state index contributed by atoms with van der Waals surface area (Å²) in [7, 11) is 1.63. The van der Waals surface area contributed by atoms with E-state index in [0.29, 0.717) is 5.56 Å². The van der Waals surface area contributed by atoms with Gasteiger partial charge in [-0.05, 0) is 48.5 Å². The molecule has 0 saturated heterocycles. The van der Waals surface area contributed by atoms with Crippen molar-refractivity contribution in [3.05, 3.63) is 84.4 Å². The molecule has 3 aromatic rings. The van der Waals surface area contributed by atoms with E-state index in [4.69, 9.17) is 4.74 Å². The van der Waals surface area contributed by atoms with Gasteiger partial charge in [0.15, 0.2) is 0 Å². The van der Waals surface area contributed by atoms with Gasteiger partial charge in [-0.25, -0.2) is 0 Å². The number of ether oxygens (including phenoxy) is 1. The maximum Gasteiger partial charge on any atom is 0.257 e. The zero-order chi connectivity index (χ0) is 16.8. The third-order valence-corrected chi connectivity index (χ3v) is 3.57. The number of nitrogens with one attached hydrogen (secondary N) is 2. The molecule has 0 aliphatic heterocycles. The van der Waals surface area contributed by atoms with Crippen LogP contribution in [-0.4, -0.2) is 13.0 Å². The summed E-state index contributed by atoms with van der Waals surface area (Å²) >= 11 is 0. The van der Waals surface area contributed by atoms with Crippen molar-refractivity contribution in [1.29, 1.82) is 0 Å². The zero-order valence-electron chi connectivity index (χ0n) is 13.3. The van der Waals surface area contributed by atoms with Crippen LogP contribution in [0.3, 0.4) is 0 Å². The standard InChI is InChI=1S/C20H18N2O2/c1-24-17-13-11-16(12-14-17)21-19-10-6-5-9-18(19)20(23)22-15-7-3-2-4-8-15/h2-14,21H,1H3,(H,22,23). The topological polar surface area (TPSA) is 50.4 Å². The van der Waals surface area contributed by atoms with Gasteiger partial charge in [0, 0.05) is 11.4 Å². The summed E-state index contributed by atoms with van der Waals surface area (Å²) in [6.45, 7) is 0. The zero-order valence-corrected chi connectivity index (χ0v) is 13.3. The molecule has 24 heavy (non-hydrogen) atoms. The number of benzene rings is 3. The molecular weight excluding hydrogens is 300 g/mol. The molecule has 120 valence electrons. The van der Waals surface area contributed by atoms with Gasteiger partial charge in [0.1, 0.15) is 5.75 Å². The molecule has 3 rings (SSSR count). The van der Waals surface area contributed by atoms with E-state index in [9.17, 15) is 4.79 Å². The van der Waals surface area contributed by atoms with Crippen molar-refractivity contribution >= 4 is 23.0 Å². The van der Waals surface area contributed by atoms with Crippen LogP contribution < -0.4 is 15.4 Å². The largest absolute Gasteiger partial charge is 0.497 e. The Bertz CT molecular complexity index is 815. The normalized spacial score (nSPS) is 10.0. The molecule has 0 aliphatic rings. The van der Waals surface area contributed by atoms with Crippen molar-refractivity contribution in [2.24, 2.45) is 0 Å². The molecule has 0 aromatic heterocycles. The number of carbonyl (C=O) groups is 1. The van der Waals surface area contributed by atoms with Gasteiger partial charge in [0.05, 0.1) is 18.4 Å². The summed E-state index contributed by atoms with van der Waals surface area (Å²) in [5, 5.41) is 6.18. The average molecular weight is 318 g/mol. The maximum absolute atomic E-state index is 12.6. The summed E-state index contributed by atoms with van der Waals surface area (Å²) in [5.74, 6) is 0.633. The second kappa shape index (κ2) is 7.33. The van der Waals surface area contributed by atoms with Crippen LogP contribution in [0.4, 0.5) is 17.1 Å². The van der Waals surface area contributed by atoms with Gasteiger partial charge in [0.25, 0.3) is 5.91 Å². The van der Waals surface area contributed by atoms with E-state index in [1.165, 1.54) is 0 Å². The molecule has 0 spiro atoms. The lowest BCUT2D eigenvalue weighted by atomic mass is 10.1. The van der Waals surface area contributed by atoms with Gasteiger partial charge in [-0.15, -0.1) is 0 Å². The van der Waals surface area contributed by atoms with Gasteiger partial charge in [-0.3, -0.25) is 4.79 Å². The van der Waals surface area contributed by atoms with Gasteiger partial charge < -0.3 is 15.4 Å². The number of methoxy groups -OCH3 is 1. The fraction of sp³-hybridized carbons (Fsp3) is 0.0500. The Kier molecular flexibility index (Phi) is 4.77. The van der Waals surface area contributed by atoms with Crippen LogP contribution in [-0.2, 0) is 0 Å². The van der Waals surface area contributed by atoms with E-state index in [2.05, 4.69) is 10.6 Å². The van der Waals surface area contributed by atoms with Crippen LogP contribution in [0.1, 0.15) is 10.4 Å². The van der Waals surface area contributed by atoms with Crippen molar-refractivity contribution in [2.45, 2.75) is 0 Å². The smallest absolute Gasteiger partial charge is 0.257 e. The molecule has 4 heteroatoms. The number of rotatable bonds is 5. The minimum absolute atomic E-state index is 0.155. The molecule has 0 radical (unpaired) electrons. The van der Waals surface area contributed by atoms with Crippen LogP contribution >= 0.6 is 0 Å². The number of hydrogen-bond acceptors (Lipinski definition) is 3. The van der Waals surface area contributed by atoms with Crippen molar-refractivity contribution in [1.82, 2.24) is 0 Å². The van der Waals surface area contributed by atoms with Crippen LogP contribution in [0.25, 0.3) is 0 Å². The molecule has 1 amide bonds. The van der Waals surface area contributed by atoms with Gasteiger partial charge in [-0.2, -0.15) is 0 Å². The first-order valence-corrected chi connectivity index (χ1v) is 7.63. The van der Waals surface area contributed by atoms with E-state index < -0.39 is 0 Å². The average Bonchev–Trinajstić information content (AvgIpc) is 2.63. The molecule has 0 heterocycles. The minimum Gasteiger partial charge on any atom is -0.497 e. The first-order chi connectivity index (χ1) is 11.8. The van der Waals surface area contributed by atoms with E-state index in [0.717, 1.165) is 22.8 Å². The lowest BCUT2D eigenvalue weighted by Gasteiger charge is -2.12. The molecule has 0 fully saturated rings. The van der Waals surface area contributed by atoms with Crippen LogP contribution in [0.15, 0.2) is 78.9 Å². The Morgan fingerprint density at radius 3 is 2.17 bits per heavy atom. The second-order valence-corrected chi connectivity index (χ2v) is 5.22. The van der Waals surface area contributed by atoms with Gasteiger partial charge in [-0.1, -0.05) is 30.3 Å². The highest BCUT2D eigenvalue weighted by Crippen LogP contribution is 2.23. The van der Waals surface area contributed by atoms with Crippen molar-refractivity contribution in [3.8, 4) is 5.75 Å². The highest BCUT2D eigenvalue weighted by Gasteiger charge is 2.11. The van der Waals surface area contributed by atoms with Gasteiger partial charge >= 0.3 is 0 Å². The van der Waals surface area contributed by atoms with E-state index in [1.807, 2.05) is 72.8 Å². The molecule has 0 aliphatic carbocycles. The number of carbonyl (C=O) groups excluding carboxylic acids is 1. The first-order valence-electron chi connectivity index (χ1n) is 7.63. The van der Waals surface area contributed by atoms with Crippen molar-refractivity contribution in [3.63, 3.8) is 0 Å². The molecule has 0 atom stereocenters. The van der Waals surface area contributed by atoms with Crippen molar-refractivity contribution in [2.75, 3.05) is 17.7 Å². The fourth-order valence-corrected chi connectivity index (χ4v) is 2.34. The van der Waals surface area contributed by atoms with Crippen LogP contribution in [0.5, 0.6) is 5.75 Å². The number of hydrogen-bond donors (Lipinski definition) is 2. The highest BCUT2D eigenvalue weighted by molar-refractivity contribution is 6.08.